The number of nitrogens with one attached hydrogen (secondary N) is 1. The molecule has 0 saturated carbocycles. The number of hydrogen-bond acceptors (Lipinski definition) is 5. The van der Waals surface area contributed by atoms with Crippen LogP contribution in [0.2, 0.25) is 0 Å². The zero-order valence-corrected chi connectivity index (χ0v) is 21.5. The van der Waals surface area contributed by atoms with Crippen LogP contribution in [-0.2, 0) is 22.4 Å². The Hall–Kier alpha value is -3.06. The normalized spacial score (nSPS) is 16.4. The van der Waals surface area contributed by atoms with Crippen molar-refractivity contribution in [3.05, 3.63) is 59.7 Å². The summed E-state index contributed by atoms with van der Waals surface area (Å²) >= 11 is 0. The molecule has 0 aromatic heterocycles. The van der Waals surface area contributed by atoms with Gasteiger partial charge in [-0.3, -0.25) is 14.5 Å². The first-order chi connectivity index (χ1) is 17.0. The van der Waals surface area contributed by atoms with Crippen molar-refractivity contribution in [2.45, 2.75) is 39.2 Å². The average molecular weight is 482 g/mol. The number of ether oxygens (including phenoxy) is 2. The van der Waals surface area contributed by atoms with E-state index in [1.807, 2.05) is 36.4 Å². The van der Waals surface area contributed by atoms with E-state index in [4.69, 9.17) is 9.47 Å². The van der Waals surface area contributed by atoms with Gasteiger partial charge in [0.25, 0.3) is 0 Å². The minimum Gasteiger partial charge on any atom is -0.493 e. The third kappa shape index (κ3) is 7.21. The molecule has 2 atom stereocenters. The molecule has 1 heterocycles. The summed E-state index contributed by atoms with van der Waals surface area (Å²) in [5, 5.41) is 3.15. The molecule has 0 bridgehead atoms. The Morgan fingerprint density at radius 3 is 2.43 bits per heavy atom. The molecule has 35 heavy (non-hydrogen) atoms. The van der Waals surface area contributed by atoms with Crippen molar-refractivity contribution in [3.8, 4) is 11.5 Å². The molecule has 2 amide bonds. The quantitative estimate of drug-likeness (QED) is 0.476. The van der Waals surface area contributed by atoms with E-state index in [-0.39, 0.29) is 30.2 Å². The molecule has 1 aliphatic rings. The maximum atomic E-state index is 13.0. The third-order valence-electron chi connectivity index (χ3n) is 6.86. The van der Waals surface area contributed by atoms with Crippen molar-refractivity contribution in [2.24, 2.45) is 5.92 Å². The first-order valence-corrected chi connectivity index (χ1v) is 12.5. The van der Waals surface area contributed by atoms with E-state index in [1.165, 1.54) is 5.56 Å². The van der Waals surface area contributed by atoms with Crippen molar-refractivity contribution < 1.29 is 19.1 Å². The van der Waals surface area contributed by atoms with Gasteiger partial charge >= 0.3 is 0 Å². The number of rotatable bonds is 13. The fraction of sp³-hybridized carbons (Fsp3) is 0.500. The lowest BCUT2D eigenvalue weighted by atomic mass is 10.0. The summed E-state index contributed by atoms with van der Waals surface area (Å²) in [6.07, 6.45) is 1.85. The molecule has 2 aromatic carbocycles. The zero-order valence-electron chi connectivity index (χ0n) is 21.5. The second-order valence-electron chi connectivity index (χ2n) is 8.99. The number of benzene rings is 2. The average Bonchev–Trinajstić information content (AvgIpc) is 3.27. The second kappa shape index (κ2) is 13.1. The third-order valence-corrected chi connectivity index (χ3v) is 6.86. The number of carbonyl (C=O) groups is 2. The number of carbonyl (C=O) groups excluding carboxylic acids is 2. The Morgan fingerprint density at radius 1 is 1.06 bits per heavy atom. The lowest BCUT2D eigenvalue weighted by molar-refractivity contribution is -0.129. The van der Waals surface area contributed by atoms with E-state index in [1.54, 1.807) is 19.1 Å². The van der Waals surface area contributed by atoms with Crippen LogP contribution in [0.25, 0.3) is 0 Å². The monoisotopic (exact) mass is 481 g/mol. The van der Waals surface area contributed by atoms with Gasteiger partial charge in [-0.2, -0.15) is 0 Å². The van der Waals surface area contributed by atoms with Gasteiger partial charge < -0.3 is 19.7 Å². The Morgan fingerprint density at radius 2 is 1.77 bits per heavy atom. The Bertz CT molecular complexity index is 962. The lowest BCUT2D eigenvalue weighted by Crippen LogP contribution is -2.46. The first kappa shape index (κ1) is 26.5. The maximum absolute atomic E-state index is 13.0. The van der Waals surface area contributed by atoms with Crippen molar-refractivity contribution in [2.75, 3.05) is 46.9 Å². The molecule has 1 aliphatic heterocycles. The molecule has 1 fully saturated rings. The molecule has 7 nitrogen and oxygen atoms in total. The van der Waals surface area contributed by atoms with Crippen LogP contribution in [0.4, 0.5) is 0 Å². The van der Waals surface area contributed by atoms with Crippen LogP contribution < -0.4 is 14.8 Å². The molecule has 1 N–H and O–H groups in total. The molecular weight excluding hydrogens is 442 g/mol. The summed E-state index contributed by atoms with van der Waals surface area (Å²) in [6.45, 7) is 7.77. The smallest absolute Gasteiger partial charge is 0.225 e. The lowest BCUT2D eigenvalue weighted by Gasteiger charge is -2.30. The van der Waals surface area contributed by atoms with E-state index >= 15 is 0 Å². The van der Waals surface area contributed by atoms with Crippen molar-refractivity contribution >= 4 is 11.8 Å². The summed E-state index contributed by atoms with van der Waals surface area (Å²) in [6, 6.07) is 16.4. The fourth-order valence-electron chi connectivity index (χ4n) is 4.78. The highest BCUT2D eigenvalue weighted by Gasteiger charge is 2.34. The highest BCUT2D eigenvalue weighted by atomic mass is 16.5. The molecule has 7 heteroatoms. The number of methoxy groups -OCH3 is 2. The number of amides is 2. The van der Waals surface area contributed by atoms with E-state index in [9.17, 15) is 9.59 Å². The molecule has 0 radical (unpaired) electrons. The van der Waals surface area contributed by atoms with Gasteiger partial charge in [-0.15, -0.1) is 0 Å². The first-order valence-electron chi connectivity index (χ1n) is 12.5. The zero-order chi connectivity index (χ0) is 25.2. The van der Waals surface area contributed by atoms with Crippen LogP contribution in [0.1, 0.15) is 31.4 Å². The maximum Gasteiger partial charge on any atom is 0.225 e. The summed E-state index contributed by atoms with van der Waals surface area (Å²) in [5.74, 6) is 1.06. The number of likely N-dealkylation sites (tertiary alicyclic amines) is 1. The molecule has 0 aliphatic carbocycles. The predicted molar refractivity (Wildman–Crippen MR) is 138 cm³/mol. The topological polar surface area (TPSA) is 71.1 Å². The predicted octanol–water partition coefficient (Wildman–Crippen LogP) is 3.16. The van der Waals surface area contributed by atoms with Gasteiger partial charge in [-0.25, -0.2) is 0 Å². The van der Waals surface area contributed by atoms with Crippen LogP contribution in [0.3, 0.4) is 0 Å². The van der Waals surface area contributed by atoms with E-state index in [0.29, 0.717) is 37.6 Å². The summed E-state index contributed by atoms with van der Waals surface area (Å²) in [5.41, 5.74) is 2.32. The van der Waals surface area contributed by atoms with Gasteiger partial charge in [0.2, 0.25) is 11.8 Å². The number of nitrogens with zero attached hydrogens (tertiary/aromatic N) is 2. The van der Waals surface area contributed by atoms with Gasteiger partial charge in [0.15, 0.2) is 11.5 Å². The number of likely N-dealkylation sites (N-methyl/N-ethyl adjacent to an activating group) is 1. The van der Waals surface area contributed by atoms with E-state index < -0.39 is 0 Å². The highest BCUT2D eigenvalue weighted by molar-refractivity contribution is 5.89. The summed E-state index contributed by atoms with van der Waals surface area (Å²) in [7, 11) is 3.22. The van der Waals surface area contributed by atoms with Crippen LogP contribution in [0.5, 0.6) is 11.5 Å². The second-order valence-corrected chi connectivity index (χ2v) is 8.99. The highest BCUT2D eigenvalue weighted by Crippen LogP contribution is 2.28. The Balaban J connectivity index is 1.53. The van der Waals surface area contributed by atoms with Crippen molar-refractivity contribution in [1.29, 1.82) is 0 Å². The standard InChI is InChI=1S/C28H39N3O4/c1-5-30(6-2)24(16-21-10-8-7-9-11-21)19-29-28(33)23-18-27(32)31(20-23)15-14-22-12-13-25(34-3)26(17-22)35-4/h7-13,17,23-24H,5-6,14-16,18-20H2,1-4H3,(H,29,33). The van der Waals surface area contributed by atoms with Gasteiger partial charge in [0.05, 0.1) is 20.1 Å². The molecule has 3 rings (SSSR count). The molecule has 2 unspecified atom stereocenters. The number of hydrogen-bond donors (Lipinski definition) is 1. The van der Waals surface area contributed by atoms with Gasteiger partial charge in [0, 0.05) is 32.1 Å². The van der Waals surface area contributed by atoms with Crippen LogP contribution in [0, 0.1) is 5.92 Å². The van der Waals surface area contributed by atoms with Gasteiger partial charge in [0.1, 0.15) is 0 Å². The van der Waals surface area contributed by atoms with Gasteiger partial charge in [-0.1, -0.05) is 50.2 Å². The molecule has 2 aromatic rings. The SMILES string of the molecule is CCN(CC)C(CNC(=O)C1CC(=O)N(CCc2ccc(OC)c(OC)c2)C1)Cc1ccccc1. The van der Waals surface area contributed by atoms with E-state index in [0.717, 1.165) is 25.1 Å². The fourth-order valence-corrected chi connectivity index (χ4v) is 4.78. The van der Waals surface area contributed by atoms with Crippen LogP contribution in [-0.4, -0.2) is 74.6 Å². The Labute approximate surface area is 209 Å². The largest absolute Gasteiger partial charge is 0.493 e. The van der Waals surface area contributed by atoms with E-state index in [2.05, 4.69) is 36.2 Å². The molecule has 1 saturated heterocycles. The van der Waals surface area contributed by atoms with Gasteiger partial charge in [-0.05, 0) is 49.2 Å². The Kier molecular flexibility index (Phi) is 9.97. The summed E-state index contributed by atoms with van der Waals surface area (Å²) in [4.78, 5) is 29.8. The van der Waals surface area contributed by atoms with Crippen LogP contribution in [0.15, 0.2) is 48.5 Å². The minimum atomic E-state index is -0.304. The van der Waals surface area contributed by atoms with Crippen molar-refractivity contribution in [1.82, 2.24) is 15.1 Å². The molecular formula is C28H39N3O4. The van der Waals surface area contributed by atoms with Crippen LogP contribution >= 0.6 is 0 Å². The minimum absolute atomic E-state index is 0.0304. The molecule has 190 valence electrons. The van der Waals surface area contributed by atoms with Crippen molar-refractivity contribution in [3.63, 3.8) is 0 Å². The summed E-state index contributed by atoms with van der Waals surface area (Å²) < 4.78 is 10.7. The molecule has 0 spiro atoms.